The number of amides is 1. The van der Waals surface area contributed by atoms with E-state index >= 15 is 0 Å². The fourth-order valence-corrected chi connectivity index (χ4v) is 5.43. The van der Waals surface area contributed by atoms with Crippen molar-refractivity contribution in [1.29, 1.82) is 0 Å². The van der Waals surface area contributed by atoms with Crippen molar-refractivity contribution < 1.29 is 9.53 Å². The molecule has 9 nitrogen and oxygen atoms in total. The summed E-state index contributed by atoms with van der Waals surface area (Å²) in [5.41, 5.74) is 1.82. The van der Waals surface area contributed by atoms with Gasteiger partial charge in [-0.15, -0.1) is 5.10 Å². The van der Waals surface area contributed by atoms with E-state index in [-0.39, 0.29) is 23.1 Å². The van der Waals surface area contributed by atoms with E-state index in [0.717, 1.165) is 17.8 Å². The van der Waals surface area contributed by atoms with Crippen LogP contribution < -0.4 is 10.3 Å². The molecule has 3 aromatic rings. The molecular formula is C22H24N6O3S. The first kappa shape index (κ1) is 20.7. The average Bonchev–Trinajstić information content (AvgIpc) is 3.27. The first-order valence-electron chi connectivity index (χ1n) is 10.7. The molecule has 0 N–H and O–H groups in total. The van der Waals surface area contributed by atoms with Crippen molar-refractivity contribution in [3.8, 4) is 11.4 Å². The number of hydrogen-bond donors (Lipinski definition) is 0. The van der Waals surface area contributed by atoms with Crippen LogP contribution in [0, 0.1) is 5.92 Å². The third-order valence-electron chi connectivity index (χ3n) is 5.99. The molecule has 1 amide bonds. The lowest BCUT2D eigenvalue weighted by Gasteiger charge is -2.42. The van der Waals surface area contributed by atoms with Crippen LogP contribution >= 0.6 is 11.8 Å². The highest BCUT2D eigenvalue weighted by atomic mass is 32.2. The van der Waals surface area contributed by atoms with Crippen molar-refractivity contribution in [2.24, 2.45) is 5.92 Å². The molecule has 0 saturated carbocycles. The molecule has 32 heavy (non-hydrogen) atoms. The number of nitrogens with zero attached hydrogens (tertiary/aromatic N) is 6. The summed E-state index contributed by atoms with van der Waals surface area (Å²) in [7, 11) is 0. The van der Waals surface area contributed by atoms with Crippen molar-refractivity contribution in [3.05, 3.63) is 58.5 Å². The molecule has 1 saturated heterocycles. The number of carbonyl (C=O) groups excluding carboxylic acids is 1. The number of aromatic nitrogens is 5. The number of para-hydroxylation sites is 2. The molecule has 166 valence electrons. The number of piperidine rings is 1. The second kappa shape index (κ2) is 8.78. The van der Waals surface area contributed by atoms with Crippen LogP contribution in [0.3, 0.4) is 0 Å². The number of tetrazole rings is 1. The van der Waals surface area contributed by atoms with Gasteiger partial charge in [-0.05, 0) is 47.9 Å². The van der Waals surface area contributed by atoms with Gasteiger partial charge < -0.3 is 14.2 Å². The summed E-state index contributed by atoms with van der Waals surface area (Å²) in [5, 5.41) is 12.5. The molecule has 1 fully saturated rings. The van der Waals surface area contributed by atoms with Crippen LogP contribution in [0.1, 0.15) is 25.0 Å². The Bertz CT molecular complexity index is 1190. The van der Waals surface area contributed by atoms with E-state index in [9.17, 15) is 9.59 Å². The first-order chi connectivity index (χ1) is 15.6. The van der Waals surface area contributed by atoms with E-state index in [2.05, 4.69) is 15.5 Å². The number of fused-ring (bicyclic) bond motifs is 4. The van der Waals surface area contributed by atoms with E-state index in [1.165, 1.54) is 11.8 Å². The Kier molecular flexibility index (Phi) is 5.69. The summed E-state index contributed by atoms with van der Waals surface area (Å²) in [4.78, 5) is 27.2. The average molecular weight is 453 g/mol. The van der Waals surface area contributed by atoms with Gasteiger partial charge in [0.05, 0.1) is 12.4 Å². The van der Waals surface area contributed by atoms with Crippen LogP contribution in [0.4, 0.5) is 0 Å². The number of ether oxygens (including phenoxy) is 1. The minimum Gasteiger partial charge on any atom is -0.492 e. The molecule has 2 aliphatic rings. The zero-order chi connectivity index (χ0) is 22.1. The summed E-state index contributed by atoms with van der Waals surface area (Å²) in [6.07, 6.45) is 1.02. The van der Waals surface area contributed by atoms with Crippen molar-refractivity contribution in [2.75, 3.05) is 25.4 Å². The largest absolute Gasteiger partial charge is 0.492 e. The van der Waals surface area contributed by atoms with E-state index in [1.807, 2.05) is 52.8 Å². The highest BCUT2D eigenvalue weighted by Crippen LogP contribution is 2.35. The van der Waals surface area contributed by atoms with E-state index in [0.29, 0.717) is 43.1 Å². The first-order valence-corrected chi connectivity index (χ1v) is 11.7. The summed E-state index contributed by atoms with van der Waals surface area (Å²) < 4.78 is 9.17. The van der Waals surface area contributed by atoms with Gasteiger partial charge in [0.2, 0.25) is 11.1 Å². The van der Waals surface area contributed by atoms with Crippen LogP contribution in [-0.2, 0) is 11.3 Å². The summed E-state index contributed by atoms with van der Waals surface area (Å²) in [6, 6.07) is 13.0. The Morgan fingerprint density at radius 3 is 2.91 bits per heavy atom. The lowest BCUT2D eigenvalue weighted by molar-refractivity contribution is -0.131. The fraction of sp³-hybridized carbons (Fsp3) is 0.409. The lowest BCUT2D eigenvalue weighted by atomic mass is 9.83. The van der Waals surface area contributed by atoms with Crippen LogP contribution in [-0.4, -0.2) is 61.0 Å². The quantitative estimate of drug-likeness (QED) is 0.528. The third-order valence-corrected chi connectivity index (χ3v) is 6.90. The number of thioether (sulfide) groups is 1. The molecule has 2 bridgehead atoms. The summed E-state index contributed by atoms with van der Waals surface area (Å²) >= 11 is 1.32. The molecule has 10 heteroatoms. The van der Waals surface area contributed by atoms with Gasteiger partial charge in [0.25, 0.3) is 5.56 Å². The van der Waals surface area contributed by atoms with Crippen LogP contribution in [0.25, 0.3) is 5.69 Å². The predicted molar refractivity (Wildman–Crippen MR) is 119 cm³/mol. The monoisotopic (exact) mass is 452 g/mol. The van der Waals surface area contributed by atoms with E-state index in [1.54, 1.807) is 10.7 Å². The predicted octanol–water partition coefficient (Wildman–Crippen LogP) is 1.96. The molecule has 5 rings (SSSR count). The minimum atomic E-state index is 0.0479. The second-order valence-corrected chi connectivity index (χ2v) is 9.00. The lowest BCUT2D eigenvalue weighted by Crippen LogP contribution is -2.49. The Hall–Kier alpha value is -3.14. The number of pyridine rings is 1. The van der Waals surface area contributed by atoms with Crippen molar-refractivity contribution in [3.63, 3.8) is 0 Å². The zero-order valence-corrected chi connectivity index (χ0v) is 18.6. The summed E-state index contributed by atoms with van der Waals surface area (Å²) in [6.45, 7) is 4.45. The molecule has 4 heterocycles. The molecule has 2 aliphatic heterocycles. The van der Waals surface area contributed by atoms with Crippen molar-refractivity contribution in [2.45, 2.75) is 31.0 Å². The van der Waals surface area contributed by atoms with Gasteiger partial charge in [0.15, 0.2) is 0 Å². The van der Waals surface area contributed by atoms with E-state index < -0.39 is 0 Å². The molecule has 2 aromatic heterocycles. The number of benzene rings is 1. The van der Waals surface area contributed by atoms with Gasteiger partial charge in [-0.25, -0.2) is 0 Å². The molecular weight excluding hydrogens is 428 g/mol. The van der Waals surface area contributed by atoms with Gasteiger partial charge >= 0.3 is 0 Å². The number of hydrogen-bond acceptors (Lipinski definition) is 7. The third kappa shape index (κ3) is 3.90. The van der Waals surface area contributed by atoms with Gasteiger partial charge in [-0.1, -0.05) is 30.0 Å². The van der Waals surface area contributed by atoms with Crippen LogP contribution in [0.15, 0.2) is 52.4 Å². The second-order valence-electron chi connectivity index (χ2n) is 8.06. The van der Waals surface area contributed by atoms with Gasteiger partial charge in [-0.3, -0.25) is 9.59 Å². The van der Waals surface area contributed by atoms with Crippen molar-refractivity contribution >= 4 is 17.7 Å². The minimum absolute atomic E-state index is 0.0479. The standard InChI is InChI=1S/C22H24N6O3S/c1-2-31-19-8-4-3-6-18(19)28-22(23-24-25-28)32-14-21(30)26-11-15-10-16(13-26)17-7-5-9-20(29)27(17)12-15/h3-9,15-16H,2,10-14H2,1H3. The SMILES string of the molecule is CCOc1ccccc1-n1nnnc1SCC(=O)N1CC2CC(C1)c1cccc(=O)n1C2. The van der Waals surface area contributed by atoms with Gasteiger partial charge in [0, 0.05) is 37.3 Å². The van der Waals surface area contributed by atoms with Gasteiger partial charge in [0.1, 0.15) is 11.4 Å². The number of carbonyl (C=O) groups is 1. The fourth-order valence-electron chi connectivity index (χ4n) is 4.65. The molecule has 0 spiro atoms. The van der Waals surface area contributed by atoms with E-state index in [4.69, 9.17) is 4.74 Å². The molecule has 1 aromatic carbocycles. The Balaban J connectivity index is 1.28. The highest BCUT2D eigenvalue weighted by Gasteiger charge is 2.36. The topological polar surface area (TPSA) is 95.1 Å². The molecule has 2 unspecified atom stereocenters. The maximum absolute atomic E-state index is 13.1. The van der Waals surface area contributed by atoms with Gasteiger partial charge in [-0.2, -0.15) is 4.68 Å². The smallest absolute Gasteiger partial charge is 0.250 e. The van der Waals surface area contributed by atoms with Crippen LogP contribution in [0.5, 0.6) is 5.75 Å². The maximum atomic E-state index is 13.1. The normalized spacial score (nSPS) is 19.5. The Labute approximate surface area is 189 Å². The Morgan fingerprint density at radius 1 is 1.16 bits per heavy atom. The number of likely N-dealkylation sites (tertiary alicyclic amines) is 1. The number of rotatable bonds is 6. The van der Waals surface area contributed by atoms with Crippen LogP contribution in [0.2, 0.25) is 0 Å². The summed E-state index contributed by atoms with van der Waals surface area (Å²) in [5.74, 6) is 1.50. The zero-order valence-electron chi connectivity index (χ0n) is 17.8. The highest BCUT2D eigenvalue weighted by molar-refractivity contribution is 7.99. The van der Waals surface area contributed by atoms with Crippen molar-refractivity contribution in [1.82, 2.24) is 29.7 Å². The molecule has 2 atom stereocenters. The molecule has 0 aliphatic carbocycles. The molecule has 0 radical (unpaired) electrons. The maximum Gasteiger partial charge on any atom is 0.250 e. The Morgan fingerprint density at radius 2 is 2.03 bits per heavy atom.